The molecule has 0 fully saturated rings. The predicted octanol–water partition coefficient (Wildman–Crippen LogP) is 4.15. The molecule has 2 amide bonds. The lowest BCUT2D eigenvalue weighted by Crippen LogP contribution is -2.27. The summed E-state index contributed by atoms with van der Waals surface area (Å²) < 4.78 is 0. The molecule has 0 atom stereocenters. The van der Waals surface area contributed by atoms with E-state index < -0.39 is 0 Å². The summed E-state index contributed by atoms with van der Waals surface area (Å²) in [7, 11) is 0. The second-order valence-electron chi connectivity index (χ2n) is 6.53. The molecule has 0 aliphatic rings. The van der Waals surface area contributed by atoms with Crippen LogP contribution in [-0.4, -0.2) is 23.3 Å². The third-order valence-electron chi connectivity index (χ3n) is 4.52. The molecule has 1 aromatic heterocycles. The van der Waals surface area contributed by atoms with E-state index in [1.54, 1.807) is 12.3 Å². The predicted molar refractivity (Wildman–Crippen MR) is 111 cm³/mol. The average molecular weight is 369 g/mol. The Morgan fingerprint density at radius 3 is 2.43 bits per heavy atom. The van der Waals surface area contributed by atoms with Gasteiger partial charge < -0.3 is 10.6 Å². The lowest BCUT2D eigenvalue weighted by Gasteiger charge is -2.08. The zero-order chi connectivity index (χ0) is 19.3. The number of aromatic nitrogens is 1. The molecule has 1 heterocycles. The van der Waals surface area contributed by atoms with Crippen LogP contribution < -0.4 is 10.6 Å². The van der Waals surface area contributed by atoms with Crippen LogP contribution >= 0.6 is 0 Å². The van der Waals surface area contributed by atoms with Gasteiger partial charge in [0.1, 0.15) is 0 Å². The van der Waals surface area contributed by atoms with Crippen LogP contribution in [0.5, 0.6) is 0 Å². The molecular weight excluding hydrogens is 350 g/mol. The fourth-order valence-electron chi connectivity index (χ4n) is 3.09. The van der Waals surface area contributed by atoms with Crippen LogP contribution in [0.15, 0.2) is 79.0 Å². The molecule has 4 rings (SSSR count). The summed E-state index contributed by atoms with van der Waals surface area (Å²) in [6.07, 6.45) is 1.82. The largest absolute Gasteiger partial charge is 0.352 e. The van der Waals surface area contributed by atoms with Gasteiger partial charge in [0.15, 0.2) is 0 Å². The van der Waals surface area contributed by atoms with Crippen LogP contribution in [0.3, 0.4) is 0 Å². The standard InChI is InChI=1S/C23H19N3O2/c27-22(26-20-14-18-7-3-4-8-21(18)25-15-20)11-12-24-23(28)19-10-9-16-5-1-2-6-17(16)13-19/h1-10,13-15H,11-12H2,(H,24,28)(H,26,27). The zero-order valence-corrected chi connectivity index (χ0v) is 15.2. The molecule has 4 aromatic rings. The maximum Gasteiger partial charge on any atom is 0.251 e. The van der Waals surface area contributed by atoms with Gasteiger partial charge in [0, 0.05) is 23.9 Å². The van der Waals surface area contributed by atoms with E-state index in [-0.39, 0.29) is 24.8 Å². The minimum Gasteiger partial charge on any atom is -0.352 e. The summed E-state index contributed by atoms with van der Waals surface area (Å²) in [5.74, 6) is -0.359. The van der Waals surface area contributed by atoms with Gasteiger partial charge in [-0.25, -0.2) is 0 Å². The molecular formula is C23H19N3O2. The highest BCUT2D eigenvalue weighted by Gasteiger charge is 2.08. The minimum atomic E-state index is -0.189. The maximum atomic E-state index is 12.3. The van der Waals surface area contributed by atoms with Gasteiger partial charge in [-0.05, 0) is 35.0 Å². The van der Waals surface area contributed by atoms with Crippen molar-refractivity contribution in [2.45, 2.75) is 6.42 Å². The number of para-hydroxylation sites is 1. The monoisotopic (exact) mass is 369 g/mol. The van der Waals surface area contributed by atoms with E-state index in [4.69, 9.17) is 0 Å². The number of fused-ring (bicyclic) bond motifs is 2. The number of nitrogens with zero attached hydrogens (tertiary/aromatic N) is 1. The van der Waals surface area contributed by atoms with Gasteiger partial charge in [0.2, 0.25) is 5.91 Å². The fourth-order valence-corrected chi connectivity index (χ4v) is 3.09. The van der Waals surface area contributed by atoms with Gasteiger partial charge in [0.05, 0.1) is 17.4 Å². The van der Waals surface area contributed by atoms with Crippen molar-refractivity contribution in [3.05, 3.63) is 84.6 Å². The van der Waals surface area contributed by atoms with Crippen molar-refractivity contribution >= 4 is 39.2 Å². The summed E-state index contributed by atoms with van der Waals surface area (Å²) in [5, 5.41) is 8.67. The fraction of sp³-hybridized carbons (Fsp3) is 0.0870. The Balaban J connectivity index is 1.32. The maximum absolute atomic E-state index is 12.3. The first-order valence-corrected chi connectivity index (χ1v) is 9.11. The minimum absolute atomic E-state index is 0.170. The van der Waals surface area contributed by atoms with Crippen molar-refractivity contribution in [1.29, 1.82) is 0 Å². The number of carbonyl (C=O) groups is 2. The van der Waals surface area contributed by atoms with Crippen LogP contribution in [0, 0.1) is 0 Å². The first kappa shape index (κ1) is 17.7. The van der Waals surface area contributed by atoms with Crippen molar-refractivity contribution in [3.8, 4) is 0 Å². The highest BCUT2D eigenvalue weighted by Crippen LogP contribution is 2.17. The highest BCUT2D eigenvalue weighted by molar-refractivity contribution is 5.99. The zero-order valence-electron chi connectivity index (χ0n) is 15.2. The van der Waals surface area contributed by atoms with Crippen LogP contribution in [0.1, 0.15) is 16.8 Å². The number of nitrogens with one attached hydrogen (secondary N) is 2. The van der Waals surface area contributed by atoms with E-state index >= 15 is 0 Å². The molecule has 5 heteroatoms. The van der Waals surface area contributed by atoms with Gasteiger partial charge in [-0.1, -0.05) is 48.5 Å². The summed E-state index contributed by atoms with van der Waals surface area (Å²) in [4.78, 5) is 28.8. The Morgan fingerprint density at radius 2 is 1.57 bits per heavy atom. The second kappa shape index (κ2) is 7.88. The number of hydrogen-bond donors (Lipinski definition) is 2. The first-order valence-electron chi connectivity index (χ1n) is 9.11. The van der Waals surface area contributed by atoms with Crippen LogP contribution in [0.4, 0.5) is 5.69 Å². The normalized spacial score (nSPS) is 10.7. The Morgan fingerprint density at radius 1 is 0.821 bits per heavy atom. The third kappa shape index (κ3) is 3.99. The topological polar surface area (TPSA) is 71.1 Å². The summed E-state index contributed by atoms with van der Waals surface area (Å²) in [6.45, 7) is 0.262. The molecule has 2 N–H and O–H groups in total. The smallest absolute Gasteiger partial charge is 0.251 e. The molecule has 0 aliphatic heterocycles. The first-order chi connectivity index (χ1) is 13.7. The van der Waals surface area contributed by atoms with Gasteiger partial charge in [-0.15, -0.1) is 0 Å². The molecule has 5 nitrogen and oxygen atoms in total. The number of amides is 2. The summed E-state index contributed by atoms with van der Waals surface area (Å²) in [5.41, 5.74) is 2.10. The second-order valence-corrected chi connectivity index (χ2v) is 6.53. The van der Waals surface area contributed by atoms with E-state index in [0.29, 0.717) is 11.3 Å². The number of anilines is 1. The van der Waals surface area contributed by atoms with E-state index in [9.17, 15) is 9.59 Å². The molecule has 0 bridgehead atoms. The molecule has 0 saturated heterocycles. The van der Waals surface area contributed by atoms with Gasteiger partial charge in [0.25, 0.3) is 5.91 Å². The SMILES string of the molecule is O=C(CCNC(=O)c1ccc2ccccc2c1)Nc1cnc2ccccc2c1. The van der Waals surface area contributed by atoms with Crippen molar-refractivity contribution in [2.75, 3.05) is 11.9 Å². The van der Waals surface area contributed by atoms with Crippen molar-refractivity contribution in [2.24, 2.45) is 0 Å². The lowest BCUT2D eigenvalue weighted by atomic mass is 10.1. The van der Waals surface area contributed by atoms with E-state index in [1.165, 1.54) is 0 Å². The molecule has 0 spiro atoms. The van der Waals surface area contributed by atoms with Crippen molar-refractivity contribution in [1.82, 2.24) is 10.3 Å². The number of pyridine rings is 1. The average Bonchev–Trinajstić information content (AvgIpc) is 2.73. The van der Waals surface area contributed by atoms with Gasteiger partial charge >= 0.3 is 0 Å². The van der Waals surface area contributed by atoms with Crippen LogP contribution in [0.2, 0.25) is 0 Å². The highest BCUT2D eigenvalue weighted by atomic mass is 16.2. The molecule has 0 radical (unpaired) electrons. The van der Waals surface area contributed by atoms with Crippen molar-refractivity contribution in [3.63, 3.8) is 0 Å². The Kier molecular flexibility index (Phi) is 4.97. The van der Waals surface area contributed by atoms with Gasteiger partial charge in [-0.3, -0.25) is 14.6 Å². The van der Waals surface area contributed by atoms with E-state index in [0.717, 1.165) is 21.7 Å². The number of hydrogen-bond acceptors (Lipinski definition) is 3. The molecule has 28 heavy (non-hydrogen) atoms. The summed E-state index contributed by atoms with van der Waals surface area (Å²) in [6, 6.07) is 23.0. The van der Waals surface area contributed by atoms with E-state index in [1.807, 2.05) is 66.7 Å². The Bertz CT molecular complexity index is 1170. The molecule has 0 saturated carbocycles. The molecule has 138 valence electrons. The lowest BCUT2D eigenvalue weighted by molar-refractivity contribution is -0.116. The van der Waals surface area contributed by atoms with Crippen LogP contribution in [0.25, 0.3) is 21.7 Å². The number of rotatable bonds is 5. The molecule has 3 aromatic carbocycles. The quantitative estimate of drug-likeness (QED) is 0.555. The Hall–Kier alpha value is -3.73. The number of carbonyl (C=O) groups excluding carboxylic acids is 2. The van der Waals surface area contributed by atoms with Gasteiger partial charge in [-0.2, -0.15) is 0 Å². The third-order valence-corrected chi connectivity index (χ3v) is 4.52. The van der Waals surface area contributed by atoms with Crippen LogP contribution in [-0.2, 0) is 4.79 Å². The molecule has 0 unspecified atom stereocenters. The molecule has 0 aliphatic carbocycles. The number of benzene rings is 3. The van der Waals surface area contributed by atoms with E-state index in [2.05, 4.69) is 15.6 Å². The van der Waals surface area contributed by atoms with Crippen molar-refractivity contribution < 1.29 is 9.59 Å². The summed E-state index contributed by atoms with van der Waals surface area (Å²) >= 11 is 0. The Labute approximate surface area is 162 Å².